The van der Waals surface area contributed by atoms with Crippen molar-refractivity contribution in [1.82, 2.24) is 12.9 Å². The van der Waals surface area contributed by atoms with Crippen LogP contribution in [0.2, 0.25) is 0 Å². The van der Waals surface area contributed by atoms with Gasteiger partial charge >= 0.3 is 0 Å². The molecule has 0 spiro atoms. The number of nitrogens with zero attached hydrogens (tertiary/aromatic N) is 3. The van der Waals surface area contributed by atoms with E-state index < -0.39 is 20.2 Å². The normalized spacial score (nSPS) is 16.9. The molecule has 2 rings (SSSR count). The highest BCUT2D eigenvalue weighted by molar-refractivity contribution is 7.89. The third kappa shape index (κ3) is 5.21. The first-order chi connectivity index (χ1) is 13.7. The molecule has 166 valence electrons. The molecule has 0 aromatic heterocycles. The van der Waals surface area contributed by atoms with Gasteiger partial charge in [-0.25, -0.2) is 8.42 Å². The van der Waals surface area contributed by atoms with Crippen molar-refractivity contribution in [3.63, 3.8) is 0 Å². The summed E-state index contributed by atoms with van der Waals surface area (Å²) in [5, 5.41) is 0. The number of hydrogen-bond acceptors (Lipinski definition) is 6. The van der Waals surface area contributed by atoms with Crippen molar-refractivity contribution in [1.29, 1.82) is 0 Å². The molecular formula is C18H31N3O6S2. The molecule has 0 saturated carbocycles. The number of hydrogen-bond donors (Lipinski definition) is 0. The predicted molar refractivity (Wildman–Crippen MR) is 111 cm³/mol. The first-order valence-electron chi connectivity index (χ1n) is 9.69. The van der Waals surface area contributed by atoms with Crippen molar-refractivity contribution in [3.05, 3.63) is 18.2 Å². The van der Waals surface area contributed by atoms with Gasteiger partial charge in [0.05, 0.1) is 14.2 Å². The number of ether oxygens (including phenoxy) is 2. The maximum atomic E-state index is 13.1. The predicted octanol–water partition coefficient (Wildman–Crippen LogP) is 1.38. The molecule has 1 fully saturated rings. The quantitative estimate of drug-likeness (QED) is 0.535. The SMILES string of the molecule is CCCN(CCC)S(=O)(=O)N1CCN(S(=O)(=O)c2cc(OC)ccc2OC)CC1. The molecular weight excluding hydrogens is 418 g/mol. The van der Waals surface area contributed by atoms with Crippen LogP contribution >= 0.6 is 0 Å². The van der Waals surface area contributed by atoms with E-state index in [4.69, 9.17) is 9.47 Å². The molecule has 0 radical (unpaired) electrons. The molecule has 0 atom stereocenters. The zero-order valence-corrected chi connectivity index (χ0v) is 19.1. The Hall–Kier alpha value is -1.40. The van der Waals surface area contributed by atoms with Gasteiger partial charge in [-0.2, -0.15) is 21.3 Å². The van der Waals surface area contributed by atoms with Crippen molar-refractivity contribution in [3.8, 4) is 11.5 Å². The van der Waals surface area contributed by atoms with Gasteiger partial charge in [0.1, 0.15) is 16.4 Å². The smallest absolute Gasteiger partial charge is 0.282 e. The Bertz CT molecular complexity index is 875. The molecule has 1 aliphatic heterocycles. The van der Waals surface area contributed by atoms with Crippen molar-refractivity contribution in [2.45, 2.75) is 31.6 Å². The van der Waals surface area contributed by atoms with Crippen molar-refractivity contribution < 1.29 is 26.3 Å². The summed E-state index contributed by atoms with van der Waals surface area (Å²) in [4.78, 5) is 0.00856. The Kier molecular flexibility index (Phi) is 8.29. The van der Waals surface area contributed by atoms with Crippen LogP contribution in [0.15, 0.2) is 23.1 Å². The van der Waals surface area contributed by atoms with Crippen molar-refractivity contribution in [2.24, 2.45) is 0 Å². The maximum Gasteiger partial charge on any atom is 0.282 e. The number of sulfonamides is 1. The Balaban J connectivity index is 2.20. The van der Waals surface area contributed by atoms with E-state index >= 15 is 0 Å². The van der Waals surface area contributed by atoms with Gasteiger partial charge in [0, 0.05) is 45.3 Å². The summed E-state index contributed by atoms with van der Waals surface area (Å²) in [7, 11) is -4.60. The first kappa shape index (κ1) is 23.9. The fraction of sp³-hybridized carbons (Fsp3) is 0.667. The van der Waals surface area contributed by atoms with E-state index in [0.717, 1.165) is 12.8 Å². The van der Waals surface area contributed by atoms with Gasteiger partial charge in [0.15, 0.2) is 0 Å². The molecule has 1 saturated heterocycles. The zero-order valence-electron chi connectivity index (χ0n) is 17.5. The first-order valence-corrected chi connectivity index (χ1v) is 12.5. The van der Waals surface area contributed by atoms with Crippen LogP contribution in [0.1, 0.15) is 26.7 Å². The van der Waals surface area contributed by atoms with Crippen LogP contribution in [-0.2, 0) is 20.2 Å². The van der Waals surface area contributed by atoms with E-state index in [0.29, 0.717) is 18.8 Å². The third-order valence-electron chi connectivity index (χ3n) is 4.78. The molecule has 0 amide bonds. The van der Waals surface area contributed by atoms with Gasteiger partial charge < -0.3 is 9.47 Å². The molecule has 29 heavy (non-hydrogen) atoms. The highest BCUT2D eigenvalue weighted by Gasteiger charge is 2.36. The summed E-state index contributed by atoms with van der Waals surface area (Å²) in [6.07, 6.45) is 1.45. The van der Waals surface area contributed by atoms with E-state index in [1.807, 2.05) is 13.8 Å². The van der Waals surface area contributed by atoms with E-state index in [1.54, 1.807) is 12.1 Å². The number of piperazine rings is 1. The van der Waals surface area contributed by atoms with Gasteiger partial charge in [0.25, 0.3) is 10.2 Å². The fourth-order valence-electron chi connectivity index (χ4n) is 3.27. The molecule has 0 N–H and O–H groups in total. The summed E-state index contributed by atoms with van der Waals surface area (Å²) in [6.45, 7) is 5.15. The number of benzene rings is 1. The Labute approximate surface area is 174 Å². The van der Waals surface area contributed by atoms with Crippen LogP contribution in [0.3, 0.4) is 0 Å². The molecule has 1 heterocycles. The average Bonchev–Trinajstić information content (AvgIpc) is 2.73. The Morgan fingerprint density at radius 1 is 0.897 bits per heavy atom. The third-order valence-corrected chi connectivity index (χ3v) is 8.74. The Morgan fingerprint density at radius 2 is 1.45 bits per heavy atom. The summed E-state index contributed by atoms with van der Waals surface area (Å²) >= 11 is 0. The van der Waals surface area contributed by atoms with Crippen LogP contribution in [0, 0.1) is 0 Å². The van der Waals surface area contributed by atoms with Gasteiger partial charge in [-0.1, -0.05) is 13.8 Å². The molecule has 0 aliphatic carbocycles. The lowest BCUT2D eigenvalue weighted by Crippen LogP contribution is -2.54. The summed E-state index contributed by atoms with van der Waals surface area (Å²) < 4.78 is 66.6. The molecule has 1 aliphatic rings. The monoisotopic (exact) mass is 449 g/mol. The minimum atomic E-state index is -3.85. The summed E-state index contributed by atoms with van der Waals surface area (Å²) in [5.41, 5.74) is 0. The van der Waals surface area contributed by atoms with E-state index in [-0.39, 0.29) is 36.8 Å². The fourth-order valence-corrected chi connectivity index (χ4v) is 6.64. The lowest BCUT2D eigenvalue weighted by Gasteiger charge is -2.36. The van der Waals surface area contributed by atoms with Crippen LogP contribution in [-0.4, -0.2) is 83.2 Å². The van der Waals surface area contributed by atoms with Crippen LogP contribution in [0.4, 0.5) is 0 Å². The van der Waals surface area contributed by atoms with E-state index in [9.17, 15) is 16.8 Å². The standard InChI is InChI=1S/C18H31N3O6S2/c1-5-9-20(10-6-2)29(24,25)21-13-11-19(12-14-21)28(22,23)18-15-16(26-3)7-8-17(18)27-4/h7-8,15H,5-6,9-14H2,1-4H3. The molecule has 0 bridgehead atoms. The molecule has 1 aromatic rings. The minimum Gasteiger partial charge on any atom is -0.497 e. The van der Waals surface area contributed by atoms with Gasteiger partial charge in [-0.15, -0.1) is 0 Å². The topological polar surface area (TPSA) is 96.5 Å². The summed E-state index contributed by atoms with van der Waals surface area (Å²) in [6, 6.07) is 4.58. The van der Waals surface area contributed by atoms with E-state index in [2.05, 4.69) is 0 Å². The maximum absolute atomic E-state index is 13.1. The number of rotatable bonds is 10. The van der Waals surface area contributed by atoms with Crippen LogP contribution in [0.5, 0.6) is 11.5 Å². The molecule has 1 aromatic carbocycles. The zero-order chi connectivity index (χ0) is 21.7. The number of methoxy groups -OCH3 is 2. The average molecular weight is 450 g/mol. The van der Waals surface area contributed by atoms with Crippen molar-refractivity contribution >= 4 is 20.2 Å². The van der Waals surface area contributed by atoms with Crippen LogP contribution < -0.4 is 9.47 Å². The van der Waals surface area contributed by atoms with Crippen LogP contribution in [0.25, 0.3) is 0 Å². The van der Waals surface area contributed by atoms with Gasteiger partial charge in [-0.3, -0.25) is 0 Å². The van der Waals surface area contributed by atoms with Gasteiger partial charge in [0.2, 0.25) is 10.0 Å². The molecule has 9 nitrogen and oxygen atoms in total. The lowest BCUT2D eigenvalue weighted by atomic mass is 10.3. The second-order valence-corrected chi connectivity index (χ2v) is 10.6. The van der Waals surface area contributed by atoms with E-state index in [1.165, 1.54) is 33.2 Å². The van der Waals surface area contributed by atoms with Crippen molar-refractivity contribution in [2.75, 3.05) is 53.5 Å². The lowest BCUT2D eigenvalue weighted by molar-refractivity contribution is 0.252. The minimum absolute atomic E-state index is 0.00856. The molecule has 0 unspecified atom stereocenters. The second kappa shape index (κ2) is 10.1. The molecule has 11 heteroatoms. The Morgan fingerprint density at radius 3 is 1.93 bits per heavy atom. The second-order valence-electron chi connectivity index (χ2n) is 6.73. The van der Waals surface area contributed by atoms with Gasteiger partial charge in [-0.05, 0) is 25.0 Å². The summed E-state index contributed by atoms with van der Waals surface area (Å²) in [5.74, 6) is 0.623. The highest BCUT2D eigenvalue weighted by Crippen LogP contribution is 2.31. The largest absolute Gasteiger partial charge is 0.497 e. The highest BCUT2D eigenvalue weighted by atomic mass is 32.2.